The lowest BCUT2D eigenvalue weighted by atomic mass is 10.2. The number of hydrogen-bond acceptors (Lipinski definition) is 5. The van der Waals surface area contributed by atoms with Gasteiger partial charge in [-0.05, 0) is 30.3 Å². The van der Waals surface area contributed by atoms with Gasteiger partial charge in [0.05, 0.1) is 24.1 Å². The Labute approximate surface area is 149 Å². The number of nitrogens with zero attached hydrogens (tertiary/aromatic N) is 2. The first-order valence-electron chi connectivity index (χ1n) is 7.34. The van der Waals surface area contributed by atoms with E-state index in [0.717, 1.165) is 11.4 Å². The average Bonchev–Trinajstić information content (AvgIpc) is 3.16. The van der Waals surface area contributed by atoms with Crippen molar-refractivity contribution in [2.75, 3.05) is 16.3 Å². The summed E-state index contributed by atoms with van der Waals surface area (Å²) in [6.45, 7) is 0. The minimum absolute atomic E-state index is 0.140. The quantitative estimate of drug-likeness (QED) is 0.691. The Kier molecular flexibility index (Phi) is 4.86. The van der Waals surface area contributed by atoms with Crippen LogP contribution in [-0.2, 0) is 21.2 Å². The lowest BCUT2D eigenvalue weighted by molar-refractivity contribution is -0.115. The molecule has 0 atom stereocenters. The van der Waals surface area contributed by atoms with Crippen LogP contribution >= 0.6 is 11.3 Å². The normalized spacial score (nSPS) is 11.2. The van der Waals surface area contributed by atoms with Gasteiger partial charge in [0, 0.05) is 23.5 Å². The van der Waals surface area contributed by atoms with Crippen molar-refractivity contribution >= 4 is 38.6 Å². The summed E-state index contributed by atoms with van der Waals surface area (Å²) < 4.78 is 26.8. The molecule has 0 fully saturated rings. The highest BCUT2D eigenvalue weighted by molar-refractivity contribution is 7.92. The van der Waals surface area contributed by atoms with Gasteiger partial charge in [0.25, 0.3) is 0 Å². The molecule has 9 heteroatoms. The van der Waals surface area contributed by atoms with Crippen LogP contribution in [0.15, 0.2) is 54.2 Å². The number of thiazole rings is 1. The van der Waals surface area contributed by atoms with E-state index < -0.39 is 10.0 Å². The fourth-order valence-corrected chi connectivity index (χ4v) is 3.55. The number of carbonyl (C=O) groups is 1. The minimum Gasteiger partial charge on any atom is -0.326 e. The molecule has 3 rings (SSSR count). The van der Waals surface area contributed by atoms with Gasteiger partial charge in [-0.25, -0.2) is 13.4 Å². The molecule has 0 bridgehead atoms. The maximum absolute atomic E-state index is 12.2. The van der Waals surface area contributed by atoms with E-state index in [0.29, 0.717) is 17.1 Å². The summed E-state index contributed by atoms with van der Waals surface area (Å²) in [6, 6.07) is 10.3. The molecule has 1 amide bonds. The molecule has 0 radical (unpaired) electrons. The Hall–Kier alpha value is -2.65. The molecule has 25 heavy (non-hydrogen) atoms. The molecule has 0 aliphatic heterocycles. The van der Waals surface area contributed by atoms with Gasteiger partial charge < -0.3 is 9.88 Å². The Balaban J connectivity index is 1.64. The monoisotopic (exact) mass is 376 g/mol. The second-order valence-corrected chi connectivity index (χ2v) is 7.98. The zero-order valence-electron chi connectivity index (χ0n) is 13.3. The predicted molar refractivity (Wildman–Crippen MR) is 98.7 cm³/mol. The lowest BCUT2D eigenvalue weighted by Crippen LogP contribution is -2.15. The number of hydrogen-bond donors (Lipinski definition) is 2. The Morgan fingerprint density at radius 3 is 2.64 bits per heavy atom. The summed E-state index contributed by atoms with van der Waals surface area (Å²) in [5, 5.41) is 5.39. The molecular formula is C16H16N4O3S2. The van der Waals surface area contributed by atoms with Gasteiger partial charge in [-0.3, -0.25) is 9.52 Å². The van der Waals surface area contributed by atoms with Crippen LogP contribution in [0.25, 0.3) is 5.13 Å². The Morgan fingerprint density at radius 2 is 1.92 bits per heavy atom. The molecule has 2 heterocycles. The zero-order chi connectivity index (χ0) is 17.9. The SMILES string of the molecule is CS(=O)(=O)Nc1cccc(NC(=O)Cc2csc(-n3cccc3)n2)c1. The second kappa shape index (κ2) is 7.08. The number of rotatable bonds is 6. The number of nitrogens with one attached hydrogen (secondary N) is 2. The Morgan fingerprint density at radius 1 is 1.20 bits per heavy atom. The van der Waals surface area contributed by atoms with Gasteiger partial charge >= 0.3 is 0 Å². The zero-order valence-corrected chi connectivity index (χ0v) is 15.0. The first kappa shape index (κ1) is 17.2. The van der Waals surface area contributed by atoms with E-state index in [1.54, 1.807) is 24.3 Å². The highest BCUT2D eigenvalue weighted by Gasteiger charge is 2.10. The molecule has 3 aromatic rings. The van der Waals surface area contributed by atoms with Crippen molar-refractivity contribution in [2.45, 2.75) is 6.42 Å². The molecular weight excluding hydrogens is 360 g/mol. The maximum atomic E-state index is 12.2. The molecule has 1 aromatic carbocycles. The van der Waals surface area contributed by atoms with Gasteiger partial charge in [0.15, 0.2) is 5.13 Å². The van der Waals surface area contributed by atoms with Crippen molar-refractivity contribution in [3.05, 3.63) is 59.9 Å². The molecule has 0 aliphatic carbocycles. The van der Waals surface area contributed by atoms with Gasteiger partial charge in [0.2, 0.25) is 15.9 Å². The van der Waals surface area contributed by atoms with Crippen LogP contribution in [0.2, 0.25) is 0 Å². The standard InChI is InChI=1S/C16H16N4O3S2/c1-25(22,23)19-13-6-4-5-12(9-13)17-15(21)10-14-11-24-16(18-14)20-7-2-3-8-20/h2-9,11,19H,10H2,1H3,(H,17,21). The summed E-state index contributed by atoms with van der Waals surface area (Å²) in [4.78, 5) is 16.6. The number of aromatic nitrogens is 2. The van der Waals surface area contributed by atoms with Crippen molar-refractivity contribution < 1.29 is 13.2 Å². The molecule has 2 aromatic heterocycles. The van der Waals surface area contributed by atoms with Crippen molar-refractivity contribution in [1.29, 1.82) is 0 Å². The molecule has 0 aliphatic rings. The molecule has 7 nitrogen and oxygen atoms in total. The van der Waals surface area contributed by atoms with Crippen molar-refractivity contribution in [1.82, 2.24) is 9.55 Å². The molecule has 0 saturated carbocycles. The molecule has 130 valence electrons. The molecule has 2 N–H and O–H groups in total. The van der Waals surface area contributed by atoms with E-state index in [4.69, 9.17) is 0 Å². The van der Waals surface area contributed by atoms with Crippen LogP contribution in [0, 0.1) is 0 Å². The third kappa shape index (κ3) is 4.91. The largest absolute Gasteiger partial charge is 0.326 e. The number of benzene rings is 1. The number of amides is 1. The lowest BCUT2D eigenvalue weighted by Gasteiger charge is -2.08. The van der Waals surface area contributed by atoms with Crippen molar-refractivity contribution in [2.24, 2.45) is 0 Å². The molecule has 0 saturated heterocycles. The number of carbonyl (C=O) groups excluding carboxylic acids is 1. The van der Waals surface area contributed by atoms with E-state index >= 15 is 0 Å². The summed E-state index contributed by atoms with van der Waals surface area (Å²) >= 11 is 1.46. The van der Waals surface area contributed by atoms with Crippen molar-refractivity contribution in [3.8, 4) is 5.13 Å². The topological polar surface area (TPSA) is 93.1 Å². The molecule has 0 unspecified atom stereocenters. The first-order valence-corrected chi connectivity index (χ1v) is 10.1. The maximum Gasteiger partial charge on any atom is 0.230 e. The van der Waals surface area contributed by atoms with E-state index in [1.165, 1.54) is 11.3 Å². The Bertz CT molecular complexity index is 978. The van der Waals surface area contributed by atoms with Crippen LogP contribution in [0.4, 0.5) is 11.4 Å². The van der Waals surface area contributed by atoms with E-state index in [9.17, 15) is 13.2 Å². The van der Waals surface area contributed by atoms with Gasteiger partial charge in [-0.2, -0.15) is 0 Å². The third-order valence-electron chi connectivity index (χ3n) is 3.16. The third-order valence-corrected chi connectivity index (χ3v) is 4.67. The van der Waals surface area contributed by atoms with E-state index in [2.05, 4.69) is 15.0 Å². The minimum atomic E-state index is -3.36. The van der Waals surface area contributed by atoms with Crippen LogP contribution in [0.1, 0.15) is 5.69 Å². The predicted octanol–water partition coefficient (Wildman–Crippen LogP) is 2.49. The van der Waals surface area contributed by atoms with Crippen LogP contribution < -0.4 is 10.0 Å². The smallest absolute Gasteiger partial charge is 0.230 e. The first-order chi connectivity index (χ1) is 11.9. The average molecular weight is 376 g/mol. The van der Waals surface area contributed by atoms with Crippen LogP contribution in [0.3, 0.4) is 0 Å². The van der Waals surface area contributed by atoms with Crippen LogP contribution in [-0.4, -0.2) is 30.1 Å². The van der Waals surface area contributed by atoms with Gasteiger partial charge in [0.1, 0.15) is 0 Å². The number of anilines is 2. The van der Waals surface area contributed by atoms with Crippen molar-refractivity contribution in [3.63, 3.8) is 0 Å². The summed E-state index contributed by atoms with van der Waals surface area (Å²) in [5.41, 5.74) is 1.58. The fourth-order valence-electron chi connectivity index (χ4n) is 2.20. The summed E-state index contributed by atoms with van der Waals surface area (Å²) in [6.07, 6.45) is 5.00. The highest BCUT2D eigenvalue weighted by Crippen LogP contribution is 2.18. The second-order valence-electron chi connectivity index (χ2n) is 5.39. The van der Waals surface area contributed by atoms with Crippen LogP contribution in [0.5, 0.6) is 0 Å². The van der Waals surface area contributed by atoms with Gasteiger partial charge in [-0.15, -0.1) is 11.3 Å². The van der Waals surface area contributed by atoms with E-state index in [-0.39, 0.29) is 12.3 Å². The highest BCUT2D eigenvalue weighted by atomic mass is 32.2. The summed E-state index contributed by atoms with van der Waals surface area (Å²) in [5.74, 6) is -0.221. The van der Waals surface area contributed by atoms with E-state index in [1.807, 2.05) is 34.5 Å². The van der Waals surface area contributed by atoms with Gasteiger partial charge in [-0.1, -0.05) is 6.07 Å². The fraction of sp³-hybridized carbons (Fsp3) is 0.125. The number of sulfonamides is 1. The summed E-state index contributed by atoms with van der Waals surface area (Å²) in [7, 11) is -3.36. The molecule has 0 spiro atoms.